The van der Waals surface area contributed by atoms with Crippen LogP contribution in [0.15, 0.2) is 36.5 Å². The molecule has 228 valence electrons. The Morgan fingerprint density at radius 3 is 2.07 bits per heavy atom. The highest BCUT2D eigenvalue weighted by atomic mass is 28.4. The van der Waals surface area contributed by atoms with Crippen LogP contribution in [0.1, 0.15) is 47.9 Å². The number of nitrogens with zero attached hydrogens (tertiary/aromatic N) is 3. The van der Waals surface area contributed by atoms with E-state index in [4.69, 9.17) is 20.6 Å². The number of anilines is 2. The minimum Gasteiger partial charge on any atom is -0.491 e. The van der Waals surface area contributed by atoms with E-state index in [2.05, 4.69) is 49.5 Å². The molecule has 2 aromatic rings. The van der Waals surface area contributed by atoms with Gasteiger partial charge in [-0.1, -0.05) is 32.9 Å². The van der Waals surface area contributed by atoms with Crippen LogP contribution in [0.5, 0.6) is 5.75 Å². The zero-order valence-corrected chi connectivity index (χ0v) is 25.3. The van der Waals surface area contributed by atoms with Crippen molar-refractivity contribution in [1.29, 1.82) is 0 Å². The van der Waals surface area contributed by atoms with E-state index in [9.17, 15) is 29.8 Å². The Morgan fingerprint density at radius 2 is 1.52 bits per heavy atom. The molecular weight excluding hydrogens is 566 g/mol. The van der Waals surface area contributed by atoms with Crippen molar-refractivity contribution < 1.29 is 28.6 Å². The van der Waals surface area contributed by atoms with Crippen molar-refractivity contribution in [1.82, 2.24) is 4.98 Å². The highest BCUT2D eigenvalue weighted by Gasteiger charge is 2.36. The third-order valence-electron chi connectivity index (χ3n) is 6.68. The lowest BCUT2D eigenvalue weighted by atomic mass is 10.1. The number of ether oxygens (including phenoxy) is 1. The van der Waals surface area contributed by atoms with Crippen LogP contribution >= 0.6 is 0 Å². The maximum absolute atomic E-state index is 11.8. The van der Waals surface area contributed by atoms with Crippen LogP contribution in [0.4, 0.5) is 22.9 Å². The number of primary amides is 2. The van der Waals surface area contributed by atoms with Crippen LogP contribution in [0.3, 0.4) is 0 Å². The Hall–Kier alpha value is -4.57. The first-order valence-electron chi connectivity index (χ1n) is 13.0. The van der Waals surface area contributed by atoms with Gasteiger partial charge in [0.1, 0.15) is 5.75 Å². The average molecular weight is 604 g/mol. The fourth-order valence-corrected chi connectivity index (χ4v) is 4.40. The predicted molar refractivity (Wildman–Crippen MR) is 160 cm³/mol. The maximum atomic E-state index is 11.8. The number of rotatable bonds is 16. The van der Waals surface area contributed by atoms with Gasteiger partial charge in [-0.3, -0.25) is 29.8 Å². The predicted octanol–water partition coefficient (Wildman–Crippen LogP) is 3.97. The smallest absolute Gasteiger partial charge is 0.312 e. The molecule has 6 N–H and O–H groups in total. The summed E-state index contributed by atoms with van der Waals surface area (Å²) in [4.78, 5) is 48.7. The highest BCUT2D eigenvalue weighted by Crippen LogP contribution is 2.37. The number of amides is 2. The van der Waals surface area contributed by atoms with E-state index in [-0.39, 0.29) is 58.8 Å². The molecule has 1 heterocycles. The second-order valence-electron chi connectivity index (χ2n) is 10.7. The van der Waals surface area contributed by atoms with Gasteiger partial charge in [-0.05, 0) is 24.2 Å². The highest BCUT2D eigenvalue weighted by molar-refractivity contribution is 6.74. The molecule has 0 saturated heterocycles. The lowest BCUT2D eigenvalue weighted by molar-refractivity contribution is -0.384. The number of nitro benzene ring substituents is 1. The summed E-state index contributed by atoms with van der Waals surface area (Å²) >= 11 is 0. The molecule has 2 rings (SSSR count). The lowest BCUT2D eigenvalue weighted by Crippen LogP contribution is -2.41. The van der Waals surface area contributed by atoms with Gasteiger partial charge in [-0.2, -0.15) is 0 Å². The molecule has 0 unspecified atom stereocenters. The molecule has 0 spiro atoms. The molecule has 0 atom stereocenters. The van der Waals surface area contributed by atoms with Crippen LogP contribution in [0.25, 0.3) is 0 Å². The Morgan fingerprint density at radius 1 is 0.952 bits per heavy atom. The zero-order chi connectivity index (χ0) is 31.7. The van der Waals surface area contributed by atoms with Crippen molar-refractivity contribution in [3.05, 3.63) is 67.9 Å². The van der Waals surface area contributed by atoms with Crippen LogP contribution in [-0.4, -0.2) is 61.3 Å². The zero-order valence-electron chi connectivity index (χ0n) is 24.3. The van der Waals surface area contributed by atoms with Crippen molar-refractivity contribution in [3.8, 4) is 5.75 Å². The second kappa shape index (κ2) is 14.4. The second-order valence-corrected chi connectivity index (χ2v) is 15.6. The van der Waals surface area contributed by atoms with E-state index in [1.807, 2.05) is 0 Å². The average Bonchev–Trinajstić information content (AvgIpc) is 2.89. The Labute approximate surface area is 244 Å². The largest absolute Gasteiger partial charge is 0.491 e. The van der Waals surface area contributed by atoms with E-state index in [0.29, 0.717) is 13.0 Å². The van der Waals surface area contributed by atoms with Gasteiger partial charge in [0.25, 0.3) is 11.6 Å². The molecule has 0 aliphatic rings. The number of aromatic nitrogens is 1. The van der Waals surface area contributed by atoms with Gasteiger partial charge in [0.15, 0.2) is 14.0 Å². The maximum Gasteiger partial charge on any atom is 0.312 e. The molecule has 1 aromatic carbocycles. The Kier molecular flexibility index (Phi) is 11.5. The number of nitrogens with two attached hydrogens (primary N) is 2. The molecule has 0 fully saturated rings. The molecule has 15 nitrogen and oxygen atoms in total. The number of benzene rings is 1. The van der Waals surface area contributed by atoms with Gasteiger partial charge in [0.05, 0.1) is 22.0 Å². The van der Waals surface area contributed by atoms with Gasteiger partial charge in [0, 0.05) is 50.0 Å². The fourth-order valence-electron chi connectivity index (χ4n) is 3.31. The lowest BCUT2D eigenvalue weighted by Gasteiger charge is -2.36. The summed E-state index contributed by atoms with van der Waals surface area (Å²) < 4.78 is 12.0. The first-order chi connectivity index (χ1) is 19.5. The van der Waals surface area contributed by atoms with E-state index >= 15 is 0 Å². The molecular formula is C26H37N7O8Si. The third-order valence-corrected chi connectivity index (χ3v) is 11.2. The molecule has 0 bridgehead atoms. The minimum atomic E-state index is -1.95. The summed E-state index contributed by atoms with van der Waals surface area (Å²) in [7, 11) is -1.95. The molecule has 42 heavy (non-hydrogen) atoms. The first kappa shape index (κ1) is 33.6. The van der Waals surface area contributed by atoms with Gasteiger partial charge in [-0.15, -0.1) is 0 Å². The minimum absolute atomic E-state index is 0.0468. The van der Waals surface area contributed by atoms with Crippen molar-refractivity contribution in [2.24, 2.45) is 11.5 Å². The Balaban J connectivity index is 2.10. The number of nitro groups is 2. The van der Waals surface area contributed by atoms with Crippen LogP contribution in [0, 0.1) is 20.2 Å². The molecule has 1 aromatic heterocycles. The molecule has 0 aliphatic heterocycles. The van der Waals surface area contributed by atoms with E-state index in [0.717, 1.165) is 18.3 Å². The number of hydrogen-bond acceptors (Lipinski definition) is 11. The molecule has 0 radical (unpaired) electrons. The van der Waals surface area contributed by atoms with Gasteiger partial charge >= 0.3 is 5.69 Å². The number of carbonyl (C=O) groups excluding carboxylic acids is 2. The fraction of sp³-hybridized carbons (Fsp3) is 0.423. The number of carbonyl (C=O) groups is 2. The monoisotopic (exact) mass is 603 g/mol. The van der Waals surface area contributed by atoms with Gasteiger partial charge in [0.2, 0.25) is 11.7 Å². The summed E-state index contributed by atoms with van der Waals surface area (Å²) in [5, 5.41) is 28.9. The van der Waals surface area contributed by atoms with Crippen LogP contribution in [-0.2, 0) is 4.43 Å². The van der Waals surface area contributed by atoms with E-state index in [1.54, 1.807) is 12.2 Å². The van der Waals surface area contributed by atoms with Gasteiger partial charge < -0.3 is 31.3 Å². The first-order valence-corrected chi connectivity index (χ1v) is 15.9. The summed E-state index contributed by atoms with van der Waals surface area (Å²) in [5.74, 6) is -1.66. The van der Waals surface area contributed by atoms with Crippen molar-refractivity contribution in [2.45, 2.75) is 45.3 Å². The molecule has 16 heteroatoms. The summed E-state index contributed by atoms with van der Waals surface area (Å²) in [5.41, 5.74) is 9.61. The Bertz CT molecular complexity index is 1360. The standard InChI is InChI=1S/C26H37N7O8Si/c1-26(2,3)42(4,5)41-12-8-11-40-21-15-17(23(27)34)13-19(32(36)37)22(21)29-9-6-7-10-30-25-20(33(38)39)14-18(16-31-25)24(28)35/h6-7,13-16,29H,8-12H2,1-5H3,(H2,27,34)(H2,28,35)(H,30,31)/b7-6+. The van der Waals surface area contributed by atoms with E-state index in [1.165, 1.54) is 6.07 Å². The number of pyridine rings is 1. The molecule has 0 saturated carbocycles. The summed E-state index contributed by atoms with van der Waals surface area (Å²) in [6.45, 7) is 11.5. The third kappa shape index (κ3) is 9.24. The van der Waals surface area contributed by atoms with Crippen molar-refractivity contribution in [3.63, 3.8) is 0 Å². The quantitative estimate of drug-likeness (QED) is 0.0705. The SMILES string of the molecule is CC(C)(C)[Si](C)(C)OCCCOc1cc(C(N)=O)cc([N+](=O)[O-])c1NC/C=C/CNc1ncc(C(N)=O)cc1[N+](=O)[O-]. The number of hydrogen-bond donors (Lipinski definition) is 4. The van der Waals surface area contributed by atoms with Crippen molar-refractivity contribution in [2.75, 3.05) is 36.9 Å². The van der Waals surface area contributed by atoms with Crippen molar-refractivity contribution >= 4 is 43.0 Å². The normalized spacial score (nSPS) is 11.7. The van der Waals surface area contributed by atoms with Gasteiger partial charge in [-0.25, -0.2) is 4.98 Å². The number of nitrogens with one attached hydrogen (secondary N) is 2. The topological polar surface area (TPSA) is 228 Å². The summed E-state index contributed by atoms with van der Waals surface area (Å²) in [6.07, 6.45) is 4.88. The van der Waals surface area contributed by atoms with Crippen LogP contribution in [0.2, 0.25) is 18.1 Å². The van der Waals surface area contributed by atoms with Crippen LogP contribution < -0.4 is 26.8 Å². The summed E-state index contributed by atoms with van der Waals surface area (Å²) in [6, 6.07) is 3.45. The van der Waals surface area contributed by atoms with E-state index < -0.39 is 35.7 Å². The molecule has 2 amide bonds. The molecule has 0 aliphatic carbocycles.